The summed E-state index contributed by atoms with van der Waals surface area (Å²) >= 11 is 7.70. The summed E-state index contributed by atoms with van der Waals surface area (Å²) in [5, 5.41) is 22.0. The molecule has 1 aliphatic rings. The first-order valence-electron chi connectivity index (χ1n) is 9.11. The Morgan fingerprint density at radius 1 is 1.34 bits per heavy atom. The van der Waals surface area contributed by atoms with Crippen molar-refractivity contribution in [3.63, 3.8) is 0 Å². The number of aryl methyl sites for hydroxylation is 2. The number of hydrogen-bond donors (Lipinski definition) is 0. The number of thiophene rings is 1. The Morgan fingerprint density at radius 3 is 2.90 bits per heavy atom. The number of aliphatic imine (C=N–C) groups is 1. The van der Waals surface area contributed by atoms with Crippen molar-refractivity contribution in [3.8, 4) is 17.4 Å². The quantitative estimate of drug-likeness (QED) is 0.275. The number of halogens is 1. The van der Waals surface area contributed by atoms with E-state index < -0.39 is 4.92 Å². The van der Waals surface area contributed by atoms with Crippen molar-refractivity contribution in [2.24, 2.45) is 4.99 Å². The summed E-state index contributed by atoms with van der Waals surface area (Å²) in [6.07, 6.45) is 5.70. The van der Waals surface area contributed by atoms with Gasteiger partial charge in [0.25, 0.3) is 5.69 Å². The van der Waals surface area contributed by atoms with Crippen LogP contribution in [-0.2, 0) is 12.8 Å². The first-order valence-corrected chi connectivity index (χ1v) is 10.3. The average molecular weight is 426 g/mol. The summed E-state index contributed by atoms with van der Waals surface area (Å²) in [4.78, 5) is 16.7. The lowest BCUT2D eigenvalue weighted by Crippen LogP contribution is -1.99. The zero-order chi connectivity index (χ0) is 20.5. The second kappa shape index (κ2) is 7.82. The maximum atomic E-state index is 11.4. The van der Waals surface area contributed by atoms with E-state index in [2.05, 4.69) is 11.1 Å². The van der Waals surface area contributed by atoms with Gasteiger partial charge >= 0.3 is 0 Å². The predicted octanol–water partition coefficient (Wildman–Crippen LogP) is 6.38. The maximum Gasteiger partial charge on any atom is 0.280 e. The Bertz CT molecular complexity index is 1190. The molecule has 0 unspecified atom stereocenters. The fourth-order valence-corrected chi connectivity index (χ4v) is 4.81. The van der Waals surface area contributed by atoms with E-state index in [1.165, 1.54) is 17.0 Å². The first-order chi connectivity index (χ1) is 14.0. The van der Waals surface area contributed by atoms with Gasteiger partial charge in [-0.1, -0.05) is 11.6 Å². The van der Waals surface area contributed by atoms with E-state index in [4.69, 9.17) is 16.0 Å². The minimum atomic E-state index is -0.454. The van der Waals surface area contributed by atoms with Gasteiger partial charge in [0.05, 0.1) is 22.3 Å². The summed E-state index contributed by atoms with van der Waals surface area (Å²) in [5.74, 6) is 0.785. The summed E-state index contributed by atoms with van der Waals surface area (Å²) in [7, 11) is 0. The number of nitro benzene ring substituents is 1. The highest BCUT2D eigenvalue weighted by atomic mass is 35.5. The van der Waals surface area contributed by atoms with Crippen molar-refractivity contribution in [2.75, 3.05) is 0 Å². The molecule has 0 saturated carbocycles. The summed E-state index contributed by atoms with van der Waals surface area (Å²) in [6, 6.07) is 8.59. The zero-order valence-electron chi connectivity index (χ0n) is 15.6. The minimum Gasteiger partial charge on any atom is -0.455 e. The Hall–Kier alpha value is -2.95. The molecule has 6 nitrogen and oxygen atoms in total. The SMILES string of the molecule is Cc1cc([N+](=O)[O-])c(-c2ccc(C=Nc3sc4c(c3C#N)CCCC4)o2)cc1Cl. The summed E-state index contributed by atoms with van der Waals surface area (Å²) < 4.78 is 5.76. The number of nitro groups is 1. The van der Waals surface area contributed by atoms with Gasteiger partial charge in [0.1, 0.15) is 22.6 Å². The van der Waals surface area contributed by atoms with Crippen LogP contribution in [-0.4, -0.2) is 11.1 Å². The van der Waals surface area contributed by atoms with Gasteiger partial charge in [0.2, 0.25) is 0 Å². The second-order valence-corrected chi connectivity index (χ2v) is 8.33. The molecule has 0 aliphatic heterocycles. The van der Waals surface area contributed by atoms with Crippen molar-refractivity contribution in [2.45, 2.75) is 32.6 Å². The van der Waals surface area contributed by atoms with Crippen LogP contribution in [0.25, 0.3) is 11.3 Å². The molecule has 1 aromatic carbocycles. The summed E-state index contributed by atoms with van der Waals surface area (Å²) in [6.45, 7) is 1.72. The molecule has 4 rings (SSSR count). The van der Waals surface area contributed by atoms with E-state index >= 15 is 0 Å². The fraction of sp³-hybridized carbons (Fsp3) is 0.238. The van der Waals surface area contributed by atoms with Gasteiger partial charge in [-0.2, -0.15) is 5.26 Å². The highest BCUT2D eigenvalue weighted by Gasteiger charge is 2.21. The third-order valence-electron chi connectivity index (χ3n) is 4.94. The molecule has 0 atom stereocenters. The average Bonchev–Trinajstić information content (AvgIpc) is 3.31. The normalized spacial score (nSPS) is 13.4. The molecular weight excluding hydrogens is 410 g/mol. The Kier molecular flexibility index (Phi) is 5.22. The smallest absolute Gasteiger partial charge is 0.280 e. The molecule has 0 bridgehead atoms. The molecule has 3 aromatic rings. The van der Waals surface area contributed by atoms with Crippen molar-refractivity contribution >= 4 is 39.8 Å². The van der Waals surface area contributed by atoms with Crippen LogP contribution >= 0.6 is 22.9 Å². The van der Waals surface area contributed by atoms with Crippen LogP contribution in [0.5, 0.6) is 0 Å². The van der Waals surface area contributed by atoms with Gasteiger partial charge < -0.3 is 4.42 Å². The van der Waals surface area contributed by atoms with Crippen molar-refractivity contribution in [1.29, 1.82) is 5.26 Å². The first kappa shape index (κ1) is 19.4. The van der Waals surface area contributed by atoms with Gasteiger partial charge in [0.15, 0.2) is 0 Å². The van der Waals surface area contributed by atoms with Crippen LogP contribution in [0.15, 0.2) is 33.7 Å². The van der Waals surface area contributed by atoms with Crippen LogP contribution in [0.2, 0.25) is 5.02 Å². The summed E-state index contributed by atoms with van der Waals surface area (Å²) in [5.41, 5.74) is 2.65. The predicted molar refractivity (Wildman–Crippen MR) is 113 cm³/mol. The van der Waals surface area contributed by atoms with Crippen LogP contribution in [0.3, 0.4) is 0 Å². The van der Waals surface area contributed by atoms with Crippen LogP contribution in [0.1, 0.15) is 40.2 Å². The van der Waals surface area contributed by atoms with Gasteiger partial charge in [-0.3, -0.25) is 10.1 Å². The third-order valence-corrected chi connectivity index (χ3v) is 6.55. The molecule has 29 heavy (non-hydrogen) atoms. The van der Waals surface area contributed by atoms with E-state index in [-0.39, 0.29) is 5.69 Å². The number of rotatable bonds is 4. The number of benzene rings is 1. The molecule has 0 spiro atoms. The lowest BCUT2D eigenvalue weighted by atomic mass is 9.96. The molecule has 0 amide bonds. The minimum absolute atomic E-state index is 0.0672. The van der Waals surface area contributed by atoms with Crippen LogP contribution in [0.4, 0.5) is 10.7 Å². The van der Waals surface area contributed by atoms with Gasteiger partial charge in [-0.25, -0.2) is 4.99 Å². The topological polar surface area (TPSA) is 92.4 Å². The van der Waals surface area contributed by atoms with E-state index in [9.17, 15) is 15.4 Å². The molecule has 1 aliphatic carbocycles. The largest absolute Gasteiger partial charge is 0.455 e. The van der Waals surface area contributed by atoms with Gasteiger partial charge in [-0.15, -0.1) is 11.3 Å². The fourth-order valence-electron chi connectivity index (χ4n) is 3.46. The molecule has 8 heteroatoms. The lowest BCUT2D eigenvalue weighted by Gasteiger charge is -2.09. The van der Waals surface area contributed by atoms with Crippen molar-refractivity contribution in [3.05, 3.63) is 66.7 Å². The number of nitrogens with zero attached hydrogens (tertiary/aromatic N) is 3. The second-order valence-electron chi connectivity index (χ2n) is 6.84. The van der Waals surface area contributed by atoms with Crippen molar-refractivity contribution < 1.29 is 9.34 Å². The molecule has 0 saturated heterocycles. The highest BCUT2D eigenvalue weighted by Crippen LogP contribution is 2.39. The van der Waals surface area contributed by atoms with Crippen molar-refractivity contribution in [1.82, 2.24) is 0 Å². The third kappa shape index (κ3) is 3.69. The Labute approximate surface area is 176 Å². The molecule has 146 valence electrons. The monoisotopic (exact) mass is 425 g/mol. The Balaban J connectivity index is 1.67. The molecule has 2 heterocycles. The van der Waals surface area contributed by atoms with E-state index in [1.54, 1.807) is 36.6 Å². The number of hydrogen-bond acceptors (Lipinski definition) is 6. The number of furan rings is 1. The number of fused-ring (bicyclic) bond motifs is 1. The Morgan fingerprint density at radius 2 is 2.14 bits per heavy atom. The highest BCUT2D eigenvalue weighted by molar-refractivity contribution is 7.16. The van der Waals surface area contributed by atoms with Gasteiger partial charge in [-0.05, 0) is 61.9 Å². The van der Waals surface area contributed by atoms with E-state index in [0.29, 0.717) is 38.2 Å². The van der Waals surface area contributed by atoms with E-state index in [0.717, 1.165) is 31.2 Å². The standard InChI is InChI=1S/C21H16ClN3O3S/c1-12-8-18(25(26)27)15(9-17(12)22)19-7-6-13(28-19)11-24-21-16(10-23)14-4-2-3-5-20(14)29-21/h6-9,11H,2-5H2,1H3. The lowest BCUT2D eigenvalue weighted by molar-refractivity contribution is -0.384. The molecular formula is C21H16ClN3O3S. The zero-order valence-corrected chi connectivity index (χ0v) is 17.1. The maximum absolute atomic E-state index is 11.4. The molecule has 0 radical (unpaired) electrons. The van der Waals surface area contributed by atoms with E-state index in [1.807, 2.05) is 0 Å². The van der Waals surface area contributed by atoms with Gasteiger partial charge in [0, 0.05) is 16.0 Å². The van der Waals surface area contributed by atoms with Crippen LogP contribution < -0.4 is 0 Å². The molecule has 0 N–H and O–H groups in total. The van der Waals surface area contributed by atoms with Crippen LogP contribution in [0, 0.1) is 28.4 Å². The molecule has 2 aromatic heterocycles. The molecule has 0 fully saturated rings. The number of nitriles is 1.